The van der Waals surface area contributed by atoms with E-state index in [-0.39, 0.29) is 12.0 Å². The molecule has 4 nitrogen and oxygen atoms in total. The summed E-state index contributed by atoms with van der Waals surface area (Å²) in [4.78, 5) is 12.6. The van der Waals surface area contributed by atoms with Gasteiger partial charge in [0.15, 0.2) is 0 Å². The molecule has 3 rings (SSSR count). The van der Waals surface area contributed by atoms with Crippen LogP contribution in [-0.4, -0.2) is 33.7 Å². The van der Waals surface area contributed by atoms with Gasteiger partial charge < -0.3 is 4.74 Å². The molecule has 1 saturated heterocycles. The molecule has 124 valence electrons. The lowest BCUT2D eigenvalue weighted by atomic mass is 10.2. The highest BCUT2D eigenvalue weighted by molar-refractivity contribution is 7.83. The van der Waals surface area contributed by atoms with Gasteiger partial charge in [-0.05, 0) is 24.6 Å². The predicted octanol–water partition coefficient (Wildman–Crippen LogP) is 2.96. The van der Waals surface area contributed by atoms with Gasteiger partial charge in [-0.2, -0.15) is 4.31 Å². The van der Waals surface area contributed by atoms with Gasteiger partial charge in [0.2, 0.25) is 0 Å². The van der Waals surface area contributed by atoms with Crippen LogP contribution in [0.25, 0.3) is 6.08 Å². The van der Waals surface area contributed by atoms with E-state index in [1.165, 1.54) is 7.11 Å². The van der Waals surface area contributed by atoms with Crippen LogP contribution in [0.4, 0.5) is 0 Å². The molecule has 0 spiro atoms. The summed E-state index contributed by atoms with van der Waals surface area (Å²) in [6.07, 6.45) is 3.84. The van der Waals surface area contributed by atoms with Gasteiger partial charge in [-0.25, -0.2) is 4.21 Å². The van der Waals surface area contributed by atoms with Crippen LogP contribution in [0.3, 0.4) is 0 Å². The van der Waals surface area contributed by atoms with Gasteiger partial charge in [0.05, 0.1) is 18.0 Å². The summed E-state index contributed by atoms with van der Waals surface area (Å²) in [5.74, 6) is -0.363. The summed E-state index contributed by atoms with van der Waals surface area (Å²) in [6, 6.07) is 16.6. The van der Waals surface area contributed by atoms with Crippen molar-refractivity contribution < 1.29 is 13.7 Å². The third-order valence-electron chi connectivity index (χ3n) is 3.94. The van der Waals surface area contributed by atoms with Crippen LogP contribution in [0.15, 0.2) is 65.6 Å². The van der Waals surface area contributed by atoms with Gasteiger partial charge >= 0.3 is 5.97 Å². The molecule has 1 unspecified atom stereocenters. The predicted molar refractivity (Wildman–Crippen MR) is 94.5 cm³/mol. The Balaban J connectivity index is 1.80. The van der Waals surface area contributed by atoms with Crippen molar-refractivity contribution in [1.82, 2.24) is 4.31 Å². The van der Waals surface area contributed by atoms with E-state index in [1.54, 1.807) is 4.31 Å². The molecule has 24 heavy (non-hydrogen) atoms. The molecule has 0 radical (unpaired) electrons. The molecular formula is C19H19NO3S. The van der Waals surface area contributed by atoms with Gasteiger partial charge in [0, 0.05) is 0 Å². The number of methoxy groups -OCH3 is 1. The minimum Gasteiger partial charge on any atom is -0.468 e. The summed E-state index contributed by atoms with van der Waals surface area (Å²) in [5, 5.41) is 0. The summed E-state index contributed by atoms with van der Waals surface area (Å²) in [7, 11) is -0.0385. The van der Waals surface area contributed by atoms with E-state index in [2.05, 4.69) is 0 Å². The zero-order valence-electron chi connectivity index (χ0n) is 13.6. The van der Waals surface area contributed by atoms with Crippen LogP contribution >= 0.6 is 0 Å². The first-order valence-electron chi connectivity index (χ1n) is 7.70. The SMILES string of the molecule is COC(=O)[C@@H]1[C@H](/C=C/c2ccccc2)N1[S@@](=O)c1ccc(C)cc1. The largest absolute Gasteiger partial charge is 0.468 e. The third kappa shape index (κ3) is 3.47. The van der Waals surface area contributed by atoms with E-state index in [0.717, 1.165) is 11.1 Å². The highest BCUT2D eigenvalue weighted by Crippen LogP contribution is 2.35. The Labute approximate surface area is 144 Å². The maximum atomic E-state index is 12.8. The average Bonchev–Trinajstić information content (AvgIpc) is 3.34. The number of nitrogens with zero attached hydrogens (tertiary/aromatic N) is 1. The molecule has 2 aromatic rings. The van der Waals surface area contributed by atoms with Gasteiger partial charge in [-0.3, -0.25) is 4.79 Å². The quantitative estimate of drug-likeness (QED) is 0.620. The first kappa shape index (κ1) is 16.6. The van der Waals surface area contributed by atoms with E-state index in [1.807, 2.05) is 73.7 Å². The summed E-state index contributed by atoms with van der Waals surface area (Å²) in [5.41, 5.74) is 2.14. The van der Waals surface area contributed by atoms with Crippen LogP contribution in [-0.2, 0) is 20.5 Å². The van der Waals surface area contributed by atoms with Crippen molar-refractivity contribution in [3.05, 3.63) is 71.8 Å². The van der Waals surface area contributed by atoms with E-state index >= 15 is 0 Å². The standard InChI is InChI=1S/C19H19NO3S/c1-14-8-11-16(12-9-14)24(22)20-17(18(20)19(21)23-2)13-10-15-6-4-3-5-7-15/h3-13,17-18H,1-2H3/b13-10+/t17-,18-,20?,24-/m0/s1. The second-order valence-corrected chi connectivity index (χ2v) is 7.04. The van der Waals surface area contributed by atoms with E-state index in [0.29, 0.717) is 4.90 Å². The van der Waals surface area contributed by atoms with Crippen LogP contribution in [0, 0.1) is 6.92 Å². The number of hydrogen-bond donors (Lipinski definition) is 0. The molecule has 0 N–H and O–H groups in total. The topological polar surface area (TPSA) is 46.4 Å². The Kier molecular flexibility index (Phi) is 4.92. The number of hydrogen-bond acceptors (Lipinski definition) is 3. The van der Waals surface area contributed by atoms with Gasteiger partial charge in [0.1, 0.15) is 17.0 Å². The Morgan fingerprint density at radius 3 is 2.42 bits per heavy atom. The Bertz CT molecular complexity index is 771. The molecule has 0 aromatic heterocycles. The second kappa shape index (κ2) is 7.11. The fourth-order valence-corrected chi connectivity index (χ4v) is 3.93. The van der Waals surface area contributed by atoms with Crippen LogP contribution in [0.2, 0.25) is 0 Å². The van der Waals surface area contributed by atoms with E-state index in [9.17, 15) is 9.00 Å². The molecular weight excluding hydrogens is 322 g/mol. The first-order valence-corrected chi connectivity index (χ1v) is 8.80. The normalized spacial score (nSPS) is 23.8. The Hall–Kier alpha value is -2.24. The zero-order valence-corrected chi connectivity index (χ0v) is 14.4. The molecule has 0 aliphatic carbocycles. The van der Waals surface area contributed by atoms with Gasteiger partial charge in [0.25, 0.3) is 0 Å². The molecule has 1 fully saturated rings. The van der Waals surface area contributed by atoms with Crippen molar-refractivity contribution in [2.45, 2.75) is 23.9 Å². The number of carbonyl (C=O) groups excluding carboxylic acids is 1. The zero-order chi connectivity index (χ0) is 17.1. The average molecular weight is 341 g/mol. The minimum absolute atomic E-state index is 0.222. The number of carbonyl (C=O) groups is 1. The molecule has 5 heteroatoms. The molecule has 0 amide bonds. The second-order valence-electron chi connectivity index (χ2n) is 5.65. The smallest absolute Gasteiger partial charge is 0.326 e. The number of rotatable bonds is 5. The monoisotopic (exact) mass is 341 g/mol. The fraction of sp³-hybridized carbons (Fsp3) is 0.211. The highest BCUT2D eigenvalue weighted by Gasteiger charge is 2.55. The fourth-order valence-electron chi connectivity index (χ4n) is 2.55. The minimum atomic E-state index is -1.39. The first-order chi connectivity index (χ1) is 11.6. The lowest BCUT2D eigenvalue weighted by molar-refractivity contribution is -0.140. The van der Waals surface area contributed by atoms with Crippen molar-refractivity contribution in [2.75, 3.05) is 7.11 Å². The van der Waals surface area contributed by atoms with Crippen LogP contribution < -0.4 is 0 Å². The van der Waals surface area contributed by atoms with Crippen LogP contribution in [0.1, 0.15) is 11.1 Å². The third-order valence-corrected chi connectivity index (χ3v) is 5.47. The van der Waals surface area contributed by atoms with Crippen molar-refractivity contribution in [1.29, 1.82) is 0 Å². The molecule has 1 heterocycles. The van der Waals surface area contributed by atoms with E-state index in [4.69, 9.17) is 4.74 Å². The maximum absolute atomic E-state index is 12.8. The van der Waals surface area contributed by atoms with Gasteiger partial charge in [-0.15, -0.1) is 0 Å². The summed E-state index contributed by atoms with van der Waals surface area (Å²) in [6.45, 7) is 1.98. The lowest BCUT2D eigenvalue weighted by Crippen LogP contribution is -2.16. The number of esters is 1. The highest BCUT2D eigenvalue weighted by atomic mass is 32.2. The molecule has 1 aliphatic heterocycles. The molecule has 0 saturated carbocycles. The lowest BCUT2D eigenvalue weighted by Gasteiger charge is -2.04. The van der Waals surface area contributed by atoms with Crippen molar-refractivity contribution >= 4 is 23.0 Å². The summed E-state index contributed by atoms with van der Waals surface area (Å²) >= 11 is 0. The summed E-state index contributed by atoms with van der Waals surface area (Å²) < 4.78 is 19.3. The van der Waals surface area contributed by atoms with Crippen LogP contribution in [0.5, 0.6) is 0 Å². The number of benzene rings is 2. The molecule has 2 aromatic carbocycles. The Morgan fingerprint density at radius 1 is 1.12 bits per heavy atom. The van der Waals surface area contributed by atoms with E-state index < -0.39 is 17.0 Å². The maximum Gasteiger partial charge on any atom is 0.326 e. The number of ether oxygens (including phenoxy) is 1. The molecule has 0 bridgehead atoms. The van der Waals surface area contributed by atoms with Crippen molar-refractivity contribution in [3.63, 3.8) is 0 Å². The molecule has 4 atom stereocenters. The van der Waals surface area contributed by atoms with Gasteiger partial charge in [-0.1, -0.05) is 60.2 Å². The number of aryl methyl sites for hydroxylation is 1. The Morgan fingerprint density at radius 2 is 1.79 bits per heavy atom. The van der Waals surface area contributed by atoms with Crippen molar-refractivity contribution in [3.8, 4) is 0 Å². The molecule has 1 aliphatic rings. The van der Waals surface area contributed by atoms with Crippen molar-refractivity contribution in [2.24, 2.45) is 0 Å².